The molecule has 136 valence electrons. The molecule has 7 heteroatoms. The fraction of sp³-hybridized carbons (Fsp3) is 0.421. The lowest BCUT2D eigenvalue weighted by Gasteiger charge is -2.17. The van der Waals surface area contributed by atoms with Crippen LogP contribution in [-0.2, 0) is 24.2 Å². The summed E-state index contributed by atoms with van der Waals surface area (Å²) in [6.07, 6.45) is 9.87. The molecular formula is C19H21N3O2S2. The Bertz CT molecular complexity index is 952. The van der Waals surface area contributed by atoms with Crippen LogP contribution in [-0.4, -0.2) is 27.8 Å². The highest BCUT2D eigenvalue weighted by Gasteiger charge is 2.24. The number of carbonyl (C=O) groups is 1. The van der Waals surface area contributed by atoms with Crippen LogP contribution in [0.2, 0.25) is 0 Å². The molecule has 0 fully saturated rings. The van der Waals surface area contributed by atoms with Gasteiger partial charge < -0.3 is 5.32 Å². The fourth-order valence-electron chi connectivity index (χ4n) is 3.14. The molecule has 0 saturated carbocycles. The van der Waals surface area contributed by atoms with E-state index < -0.39 is 0 Å². The number of allylic oxidation sites excluding steroid dienone is 1. The molecule has 2 aromatic rings. The van der Waals surface area contributed by atoms with Gasteiger partial charge in [-0.05, 0) is 30.7 Å². The molecular weight excluding hydrogens is 366 g/mol. The molecule has 3 rings (SSSR count). The first-order valence-corrected chi connectivity index (χ1v) is 10.3. The summed E-state index contributed by atoms with van der Waals surface area (Å²) in [4.78, 5) is 31.7. The Hall–Kier alpha value is -2.04. The Morgan fingerprint density at radius 3 is 3.15 bits per heavy atom. The van der Waals surface area contributed by atoms with E-state index in [9.17, 15) is 9.59 Å². The van der Waals surface area contributed by atoms with Gasteiger partial charge in [0.1, 0.15) is 4.83 Å². The minimum Gasteiger partial charge on any atom is -0.344 e. The summed E-state index contributed by atoms with van der Waals surface area (Å²) < 4.78 is 1.61. The smallest absolute Gasteiger partial charge is 0.263 e. The Morgan fingerprint density at radius 1 is 1.62 bits per heavy atom. The standard InChI is InChI=1S/C19H21N3O2S2/c1-4-8-20-15(23)11-25-19-21-17-16(18(24)22(19)9-5-2)13-7-6-12(3)10-14(13)26-17/h1,5,12H,2,6-11H2,3H3,(H,20,23). The van der Waals surface area contributed by atoms with Crippen LogP contribution in [0.15, 0.2) is 22.6 Å². The molecule has 5 nitrogen and oxygen atoms in total. The second kappa shape index (κ2) is 8.11. The number of thiophene rings is 1. The molecule has 1 aliphatic rings. The minimum absolute atomic E-state index is 0.0338. The normalized spacial score (nSPS) is 16.1. The highest BCUT2D eigenvalue weighted by Crippen LogP contribution is 2.36. The number of terminal acetylenes is 1. The summed E-state index contributed by atoms with van der Waals surface area (Å²) in [6.45, 7) is 6.55. The van der Waals surface area contributed by atoms with Crippen LogP contribution in [0.1, 0.15) is 23.8 Å². The molecule has 1 N–H and O–H groups in total. The predicted molar refractivity (Wildman–Crippen MR) is 108 cm³/mol. The number of amides is 1. The number of nitrogens with one attached hydrogen (secondary N) is 1. The van der Waals surface area contributed by atoms with Crippen molar-refractivity contribution in [2.45, 2.75) is 37.9 Å². The largest absolute Gasteiger partial charge is 0.344 e. The molecule has 26 heavy (non-hydrogen) atoms. The van der Waals surface area contributed by atoms with E-state index in [0.717, 1.165) is 29.5 Å². The van der Waals surface area contributed by atoms with Crippen LogP contribution in [0.4, 0.5) is 0 Å². The lowest BCUT2D eigenvalue weighted by molar-refractivity contribution is -0.118. The maximum absolute atomic E-state index is 13.1. The minimum atomic E-state index is -0.174. The Kier molecular flexibility index (Phi) is 5.84. The number of fused-ring (bicyclic) bond motifs is 3. The number of aryl methyl sites for hydroxylation is 1. The van der Waals surface area contributed by atoms with E-state index in [4.69, 9.17) is 11.4 Å². The van der Waals surface area contributed by atoms with Crippen LogP contribution >= 0.6 is 23.1 Å². The highest BCUT2D eigenvalue weighted by molar-refractivity contribution is 7.99. The Morgan fingerprint density at radius 2 is 2.42 bits per heavy atom. The topological polar surface area (TPSA) is 64.0 Å². The molecule has 1 atom stereocenters. The monoisotopic (exact) mass is 387 g/mol. The van der Waals surface area contributed by atoms with Crippen LogP contribution < -0.4 is 10.9 Å². The third-order valence-corrected chi connectivity index (χ3v) is 6.54. The van der Waals surface area contributed by atoms with Crippen molar-refractivity contribution in [3.8, 4) is 12.3 Å². The van der Waals surface area contributed by atoms with Gasteiger partial charge in [-0.1, -0.05) is 30.7 Å². The average molecular weight is 388 g/mol. The molecule has 0 bridgehead atoms. The van der Waals surface area contributed by atoms with E-state index in [2.05, 4.69) is 24.7 Å². The highest BCUT2D eigenvalue weighted by atomic mass is 32.2. The van der Waals surface area contributed by atoms with Crippen LogP contribution in [0.25, 0.3) is 10.2 Å². The first-order chi connectivity index (χ1) is 12.5. The Labute approximate surface area is 160 Å². The maximum Gasteiger partial charge on any atom is 0.263 e. The van der Waals surface area contributed by atoms with Gasteiger partial charge in [-0.2, -0.15) is 0 Å². The maximum atomic E-state index is 13.1. The zero-order chi connectivity index (χ0) is 18.7. The van der Waals surface area contributed by atoms with Crippen molar-refractivity contribution in [2.75, 3.05) is 12.3 Å². The molecule has 0 radical (unpaired) electrons. The second-order valence-corrected chi connectivity index (χ2v) is 8.43. The number of aromatic nitrogens is 2. The molecule has 1 unspecified atom stereocenters. The average Bonchev–Trinajstić information content (AvgIpc) is 2.98. The first kappa shape index (κ1) is 18.7. The van der Waals surface area contributed by atoms with E-state index in [1.54, 1.807) is 22.0 Å². The summed E-state index contributed by atoms with van der Waals surface area (Å²) >= 11 is 2.87. The van der Waals surface area contributed by atoms with Crippen LogP contribution in [0.5, 0.6) is 0 Å². The predicted octanol–water partition coefficient (Wildman–Crippen LogP) is 2.61. The van der Waals surface area contributed by atoms with Crippen LogP contribution in [0.3, 0.4) is 0 Å². The SMILES string of the molecule is C#CCNC(=O)CSc1nc2sc3c(c2c(=O)n1CC=C)CCC(C)C3. The fourth-order valence-corrected chi connectivity index (χ4v) is 5.40. The third-order valence-electron chi connectivity index (χ3n) is 4.41. The number of thioether (sulfide) groups is 1. The van der Waals surface area contributed by atoms with Gasteiger partial charge in [0.15, 0.2) is 5.16 Å². The molecule has 0 spiro atoms. The zero-order valence-corrected chi connectivity index (χ0v) is 16.3. The molecule has 1 aliphatic carbocycles. The third kappa shape index (κ3) is 3.71. The molecule has 1 amide bonds. The molecule has 0 saturated heterocycles. The second-order valence-electron chi connectivity index (χ2n) is 6.40. The zero-order valence-electron chi connectivity index (χ0n) is 14.7. The Balaban J connectivity index is 1.99. The van der Waals surface area contributed by atoms with E-state index in [1.807, 2.05) is 0 Å². The molecule has 2 heterocycles. The van der Waals surface area contributed by atoms with Crippen molar-refractivity contribution < 1.29 is 4.79 Å². The molecule has 0 aromatic carbocycles. The van der Waals surface area contributed by atoms with E-state index in [0.29, 0.717) is 17.6 Å². The number of nitrogens with zero attached hydrogens (tertiary/aromatic N) is 2. The van der Waals surface area contributed by atoms with Gasteiger partial charge in [-0.15, -0.1) is 24.3 Å². The number of carbonyl (C=O) groups excluding carboxylic acids is 1. The van der Waals surface area contributed by atoms with Gasteiger partial charge in [0, 0.05) is 11.4 Å². The number of hydrogen-bond acceptors (Lipinski definition) is 5. The van der Waals surface area contributed by atoms with Crippen molar-refractivity contribution >= 4 is 39.2 Å². The lowest BCUT2D eigenvalue weighted by Crippen LogP contribution is -2.27. The number of hydrogen-bond donors (Lipinski definition) is 1. The van der Waals surface area contributed by atoms with Crippen molar-refractivity contribution in [3.63, 3.8) is 0 Å². The van der Waals surface area contributed by atoms with E-state index in [1.165, 1.54) is 22.2 Å². The first-order valence-electron chi connectivity index (χ1n) is 8.54. The van der Waals surface area contributed by atoms with Gasteiger partial charge in [-0.3, -0.25) is 14.2 Å². The summed E-state index contributed by atoms with van der Waals surface area (Å²) in [6, 6.07) is 0. The summed E-state index contributed by atoms with van der Waals surface area (Å²) in [5.74, 6) is 3.00. The van der Waals surface area contributed by atoms with Gasteiger partial charge in [0.2, 0.25) is 5.91 Å². The van der Waals surface area contributed by atoms with Crippen molar-refractivity contribution in [2.24, 2.45) is 5.92 Å². The van der Waals surface area contributed by atoms with Gasteiger partial charge >= 0.3 is 0 Å². The van der Waals surface area contributed by atoms with Crippen LogP contribution in [0, 0.1) is 18.3 Å². The summed E-state index contributed by atoms with van der Waals surface area (Å²) in [7, 11) is 0. The van der Waals surface area contributed by atoms with Gasteiger partial charge in [0.25, 0.3) is 5.56 Å². The van der Waals surface area contributed by atoms with Crippen molar-refractivity contribution in [1.82, 2.24) is 14.9 Å². The van der Waals surface area contributed by atoms with Crippen molar-refractivity contribution in [3.05, 3.63) is 33.4 Å². The van der Waals surface area contributed by atoms with Gasteiger partial charge in [-0.25, -0.2) is 4.98 Å². The summed E-state index contributed by atoms with van der Waals surface area (Å²) in [5.41, 5.74) is 1.13. The quantitative estimate of drug-likeness (QED) is 0.358. The van der Waals surface area contributed by atoms with E-state index in [-0.39, 0.29) is 23.8 Å². The number of rotatable bonds is 6. The summed E-state index contributed by atoms with van der Waals surface area (Å²) in [5, 5.41) is 3.92. The van der Waals surface area contributed by atoms with E-state index >= 15 is 0 Å². The molecule has 2 aromatic heterocycles. The lowest BCUT2D eigenvalue weighted by atomic mass is 9.89. The molecule has 0 aliphatic heterocycles. The van der Waals surface area contributed by atoms with Crippen molar-refractivity contribution in [1.29, 1.82) is 0 Å². The van der Waals surface area contributed by atoms with Gasteiger partial charge in [0.05, 0.1) is 17.7 Å².